The van der Waals surface area contributed by atoms with Crippen LogP contribution in [0.1, 0.15) is 15.2 Å². The maximum atomic E-state index is 11.9. The summed E-state index contributed by atoms with van der Waals surface area (Å²) in [5, 5.41) is 0.874. The summed E-state index contributed by atoms with van der Waals surface area (Å²) in [4.78, 5) is 19.6. The van der Waals surface area contributed by atoms with E-state index in [2.05, 4.69) is 16.9 Å². The van der Waals surface area contributed by atoms with Gasteiger partial charge in [0.25, 0.3) is 0 Å². The maximum Gasteiger partial charge on any atom is 0.338 e. The highest BCUT2D eigenvalue weighted by Gasteiger charge is 2.25. The van der Waals surface area contributed by atoms with Gasteiger partial charge in [0.05, 0.1) is 12.7 Å². The Balaban J connectivity index is 1.92. The Morgan fingerprint density at radius 1 is 1.36 bits per heavy atom. The van der Waals surface area contributed by atoms with Crippen LogP contribution in [0.2, 0.25) is 0 Å². The van der Waals surface area contributed by atoms with E-state index in [1.165, 1.54) is 7.11 Å². The molecule has 1 aliphatic heterocycles. The Labute approximate surface area is 133 Å². The van der Waals surface area contributed by atoms with Crippen molar-refractivity contribution in [2.75, 3.05) is 27.2 Å². The number of esters is 1. The standard InChI is InChI=1S/C16H18N2O3S/c1-10-7-17-15(22-10)11-4-12(16(19)20-3)6-13(5-11)21-14-8-18(2)9-14/h4-7,14H,8-9H2,1-3H3. The van der Waals surface area contributed by atoms with E-state index in [9.17, 15) is 4.79 Å². The van der Waals surface area contributed by atoms with Crippen LogP contribution in [0.25, 0.3) is 10.6 Å². The first kappa shape index (κ1) is 15.0. The molecular formula is C16H18N2O3S. The minimum atomic E-state index is -0.370. The summed E-state index contributed by atoms with van der Waals surface area (Å²) in [6, 6.07) is 5.46. The highest BCUT2D eigenvalue weighted by atomic mass is 32.1. The van der Waals surface area contributed by atoms with E-state index < -0.39 is 0 Å². The lowest BCUT2D eigenvalue weighted by Gasteiger charge is -2.36. The summed E-state index contributed by atoms with van der Waals surface area (Å²) >= 11 is 1.59. The van der Waals surface area contributed by atoms with Crippen molar-refractivity contribution in [3.05, 3.63) is 34.8 Å². The number of ether oxygens (including phenoxy) is 2. The van der Waals surface area contributed by atoms with Crippen molar-refractivity contribution < 1.29 is 14.3 Å². The van der Waals surface area contributed by atoms with Crippen molar-refractivity contribution in [3.8, 4) is 16.3 Å². The maximum absolute atomic E-state index is 11.9. The van der Waals surface area contributed by atoms with Crippen LogP contribution >= 0.6 is 11.3 Å². The number of hydrogen-bond acceptors (Lipinski definition) is 6. The lowest BCUT2D eigenvalue weighted by molar-refractivity contribution is 0.0385. The molecule has 0 amide bonds. The molecule has 0 atom stereocenters. The average Bonchev–Trinajstić information content (AvgIpc) is 2.91. The third-order valence-corrected chi connectivity index (χ3v) is 4.49. The molecule has 22 heavy (non-hydrogen) atoms. The molecule has 0 saturated carbocycles. The molecule has 1 aromatic heterocycles. The van der Waals surface area contributed by atoms with Crippen molar-refractivity contribution in [2.45, 2.75) is 13.0 Å². The molecule has 0 unspecified atom stereocenters. The van der Waals surface area contributed by atoms with Gasteiger partial charge in [-0.15, -0.1) is 11.3 Å². The minimum absolute atomic E-state index is 0.170. The monoisotopic (exact) mass is 318 g/mol. The average molecular weight is 318 g/mol. The van der Waals surface area contributed by atoms with Gasteiger partial charge in [-0.25, -0.2) is 9.78 Å². The summed E-state index contributed by atoms with van der Waals surface area (Å²) in [5.74, 6) is 0.314. The number of likely N-dealkylation sites (tertiary alicyclic amines) is 1. The van der Waals surface area contributed by atoms with Gasteiger partial charge in [0, 0.05) is 29.7 Å². The highest BCUT2D eigenvalue weighted by molar-refractivity contribution is 7.14. The van der Waals surface area contributed by atoms with E-state index in [4.69, 9.17) is 9.47 Å². The number of aromatic nitrogens is 1. The third-order valence-electron chi connectivity index (χ3n) is 3.53. The quantitative estimate of drug-likeness (QED) is 0.811. The number of aryl methyl sites for hydroxylation is 1. The van der Waals surface area contributed by atoms with E-state index >= 15 is 0 Å². The van der Waals surface area contributed by atoms with Gasteiger partial charge in [-0.3, -0.25) is 4.90 Å². The molecule has 2 aromatic rings. The topological polar surface area (TPSA) is 51.7 Å². The van der Waals surface area contributed by atoms with Gasteiger partial charge in [0.15, 0.2) is 0 Å². The number of benzene rings is 1. The Hall–Kier alpha value is -1.92. The van der Waals surface area contributed by atoms with Gasteiger partial charge in [-0.2, -0.15) is 0 Å². The Bertz CT molecular complexity index is 692. The zero-order valence-electron chi connectivity index (χ0n) is 12.8. The fourth-order valence-corrected chi connectivity index (χ4v) is 3.17. The number of rotatable bonds is 4. The Morgan fingerprint density at radius 2 is 2.14 bits per heavy atom. The van der Waals surface area contributed by atoms with E-state index in [0.29, 0.717) is 11.3 Å². The lowest BCUT2D eigenvalue weighted by Crippen LogP contribution is -2.51. The molecule has 1 aromatic carbocycles. The second-order valence-corrected chi connectivity index (χ2v) is 6.71. The molecule has 0 radical (unpaired) electrons. The fourth-order valence-electron chi connectivity index (χ4n) is 2.42. The normalized spacial score (nSPS) is 15.4. The first-order valence-corrected chi connectivity index (χ1v) is 7.88. The van der Waals surface area contributed by atoms with Crippen LogP contribution in [0.4, 0.5) is 0 Å². The van der Waals surface area contributed by atoms with Gasteiger partial charge >= 0.3 is 5.97 Å². The molecule has 0 N–H and O–H groups in total. The van der Waals surface area contributed by atoms with Crippen LogP contribution < -0.4 is 4.74 Å². The molecule has 0 spiro atoms. The molecule has 1 fully saturated rings. The first-order chi connectivity index (χ1) is 10.5. The summed E-state index contributed by atoms with van der Waals surface area (Å²) in [5.41, 5.74) is 1.36. The number of carbonyl (C=O) groups is 1. The Morgan fingerprint density at radius 3 is 2.73 bits per heavy atom. The molecular weight excluding hydrogens is 300 g/mol. The number of nitrogens with zero attached hydrogens (tertiary/aromatic N) is 2. The number of hydrogen-bond donors (Lipinski definition) is 0. The number of thiazole rings is 1. The van der Waals surface area contributed by atoms with Crippen LogP contribution in [0.3, 0.4) is 0 Å². The largest absolute Gasteiger partial charge is 0.488 e. The van der Waals surface area contributed by atoms with Crippen LogP contribution in [0, 0.1) is 6.92 Å². The second kappa shape index (κ2) is 6.06. The van der Waals surface area contributed by atoms with Crippen LogP contribution in [-0.2, 0) is 4.74 Å². The molecule has 116 valence electrons. The van der Waals surface area contributed by atoms with Gasteiger partial charge < -0.3 is 9.47 Å². The van der Waals surface area contributed by atoms with Crippen LogP contribution in [0.5, 0.6) is 5.75 Å². The molecule has 0 aliphatic carbocycles. The van der Waals surface area contributed by atoms with Gasteiger partial charge in [-0.1, -0.05) is 0 Å². The SMILES string of the molecule is COC(=O)c1cc(OC2CN(C)C2)cc(-c2ncc(C)s2)c1. The molecule has 2 heterocycles. The van der Waals surface area contributed by atoms with Crippen molar-refractivity contribution in [2.24, 2.45) is 0 Å². The minimum Gasteiger partial charge on any atom is -0.488 e. The number of carbonyl (C=O) groups excluding carboxylic acids is 1. The van der Waals surface area contributed by atoms with Crippen molar-refractivity contribution in [3.63, 3.8) is 0 Å². The molecule has 5 nitrogen and oxygen atoms in total. The molecule has 3 rings (SSSR count). The van der Waals surface area contributed by atoms with Crippen molar-refractivity contribution >= 4 is 17.3 Å². The summed E-state index contributed by atoms with van der Waals surface area (Å²) < 4.78 is 10.8. The molecule has 1 aliphatic rings. The van der Waals surface area contributed by atoms with Gasteiger partial charge in [-0.05, 0) is 32.2 Å². The van der Waals surface area contributed by atoms with E-state index in [1.807, 2.05) is 19.2 Å². The summed E-state index contributed by atoms with van der Waals surface area (Å²) in [6.07, 6.45) is 2.00. The molecule has 6 heteroatoms. The predicted octanol–water partition coefficient (Wildman–Crippen LogP) is 2.60. The van der Waals surface area contributed by atoms with Crippen LogP contribution in [-0.4, -0.2) is 49.2 Å². The van der Waals surface area contributed by atoms with E-state index in [0.717, 1.165) is 28.5 Å². The second-order valence-electron chi connectivity index (χ2n) is 5.47. The summed E-state index contributed by atoms with van der Waals surface area (Å²) in [7, 11) is 3.43. The fraction of sp³-hybridized carbons (Fsp3) is 0.375. The van der Waals surface area contributed by atoms with Crippen molar-refractivity contribution in [1.29, 1.82) is 0 Å². The highest BCUT2D eigenvalue weighted by Crippen LogP contribution is 2.30. The smallest absolute Gasteiger partial charge is 0.338 e. The van der Waals surface area contributed by atoms with Gasteiger partial charge in [0.1, 0.15) is 16.9 Å². The molecule has 0 bridgehead atoms. The van der Waals surface area contributed by atoms with Crippen molar-refractivity contribution in [1.82, 2.24) is 9.88 Å². The van der Waals surface area contributed by atoms with Crippen LogP contribution in [0.15, 0.2) is 24.4 Å². The summed E-state index contributed by atoms with van der Waals surface area (Å²) in [6.45, 7) is 3.80. The predicted molar refractivity (Wildman–Crippen MR) is 85.5 cm³/mol. The zero-order chi connectivity index (χ0) is 15.7. The first-order valence-electron chi connectivity index (χ1n) is 7.06. The van der Waals surface area contributed by atoms with E-state index in [-0.39, 0.29) is 12.1 Å². The molecule has 1 saturated heterocycles. The van der Waals surface area contributed by atoms with Gasteiger partial charge in [0.2, 0.25) is 0 Å². The number of methoxy groups -OCH3 is 1. The number of likely N-dealkylation sites (N-methyl/N-ethyl adjacent to an activating group) is 1. The third kappa shape index (κ3) is 3.13. The Kier molecular flexibility index (Phi) is 4.13. The van der Waals surface area contributed by atoms with E-state index in [1.54, 1.807) is 23.5 Å². The zero-order valence-corrected chi connectivity index (χ0v) is 13.6. The lowest BCUT2D eigenvalue weighted by atomic mass is 10.1.